The van der Waals surface area contributed by atoms with Gasteiger partial charge < -0.3 is 5.32 Å². The van der Waals surface area contributed by atoms with Crippen molar-refractivity contribution in [1.29, 1.82) is 0 Å². The molecule has 1 nitrogen and oxygen atoms in total. The monoisotopic (exact) mass is 135 g/mol. The quantitative estimate of drug-likeness (QED) is 0.489. The van der Waals surface area contributed by atoms with Crippen molar-refractivity contribution in [2.75, 3.05) is 13.1 Å². The molecule has 3 unspecified atom stereocenters. The van der Waals surface area contributed by atoms with Gasteiger partial charge in [-0.1, -0.05) is 12.2 Å². The summed E-state index contributed by atoms with van der Waals surface area (Å²) in [7, 11) is 0. The number of hydrogen-bond acceptors (Lipinski definition) is 1. The van der Waals surface area contributed by atoms with Crippen LogP contribution in [0.15, 0.2) is 12.2 Å². The molecule has 1 heteroatoms. The van der Waals surface area contributed by atoms with Crippen molar-refractivity contribution in [2.24, 2.45) is 23.7 Å². The first kappa shape index (κ1) is 5.36. The maximum Gasteiger partial charge on any atom is -0.00114 e. The van der Waals surface area contributed by atoms with Crippen molar-refractivity contribution >= 4 is 0 Å². The summed E-state index contributed by atoms with van der Waals surface area (Å²) in [4.78, 5) is 0. The van der Waals surface area contributed by atoms with E-state index in [9.17, 15) is 0 Å². The second-order valence-corrected chi connectivity index (χ2v) is 3.93. The first-order chi connectivity index (χ1) is 4.95. The minimum Gasteiger partial charge on any atom is -0.316 e. The summed E-state index contributed by atoms with van der Waals surface area (Å²) in [5, 5.41) is 3.49. The number of nitrogens with one attached hydrogen (secondary N) is 1. The van der Waals surface area contributed by atoms with Gasteiger partial charge in [0.05, 0.1) is 0 Å². The van der Waals surface area contributed by atoms with Gasteiger partial charge in [0.1, 0.15) is 0 Å². The summed E-state index contributed by atoms with van der Waals surface area (Å²) < 4.78 is 0. The van der Waals surface area contributed by atoms with E-state index in [1.807, 2.05) is 0 Å². The Labute approximate surface area is 61.5 Å². The highest BCUT2D eigenvalue weighted by molar-refractivity contribution is 5.15. The van der Waals surface area contributed by atoms with Crippen LogP contribution in [-0.2, 0) is 0 Å². The largest absolute Gasteiger partial charge is 0.316 e. The number of rotatable bonds is 0. The van der Waals surface area contributed by atoms with Crippen LogP contribution in [0.3, 0.4) is 0 Å². The van der Waals surface area contributed by atoms with Gasteiger partial charge in [-0.3, -0.25) is 0 Å². The molecule has 4 atom stereocenters. The zero-order valence-corrected chi connectivity index (χ0v) is 6.09. The molecule has 3 aliphatic rings. The summed E-state index contributed by atoms with van der Waals surface area (Å²) in [5.74, 6) is 3.92. The Morgan fingerprint density at radius 3 is 2.20 bits per heavy atom. The van der Waals surface area contributed by atoms with E-state index in [-0.39, 0.29) is 0 Å². The van der Waals surface area contributed by atoms with Gasteiger partial charge in [-0.15, -0.1) is 0 Å². The lowest BCUT2D eigenvalue weighted by Crippen LogP contribution is -2.16. The van der Waals surface area contributed by atoms with Gasteiger partial charge in [0.25, 0.3) is 0 Å². The molecular weight excluding hydrogens is 122 g/mol. The molecule has 0 aromatic carbocycles. The molecular formula is C9H13N. The van der Waals surface area contributed by atoms with Crippen molar-refractivity contribution in [2.45, 2.75) is 6.42 Å². The molecule has 0 spiro atoms. The molecule has 0 radical (unpaired) electrons. The lowest BCUT2D eigenvalue weighted by atomic mass is 9.86. The lowest BCUT2D eigenvalue weighted by Gasteiger charge is -2.17. The third-order valence-electron chi connectivity index (χ3n) is 3.56. The molecule has 2 aliphatic carbocycles. The van der Waals surface area contributed by atoms with Crippen LogP contribution < -0.4 is 5.32 Å². The number of allylic oxidation sites excluding steroid dienone is 2. The van der Waals surface area contributed by atoms with E-state index in [0.717, 1.165) is 23.7 Å². The Morgan fingerprint density at radius 1 is 1.00 bits per heavy atom. The maximum atomic E-state index is 3.49. The van der Waals surface area contributed by atoms with Crippen LogP contribution >= 0.6 is 0 Å². The molecule has 0 amide bonds. The summed E-state index contributed by atoms with van der Waals surface area (Å²) in [5.41, 5.74) is 0. The van der Waals surface area contributed by atoms with Crippen LogP contribution in [0.2, 0.25) is 0 Å². The molecule has 0 aromatic heterocycles. The van der Waals surface area contributed by atoms with Crippen molar-refractivity contribution < 1.29 is 0 Å². The molecule has 0 aromatic rings. The zero-order chi connectivity index (χ0) is 6.55. The van der Waals surface area contributed by atoms with E-state index in [0.29, 0.717) is 0 Å². The van der Waals surface area contributed by atoms with Crippen molar-refractivity contribution in [1.82, 2.24) is 5.32 Å². The summed E-state index contributed by atoms with van der Waals surface area (Å²) >= 11 is 0. The van der Waals surface area contributed by atoms with Crippen molar-refractivity contribution in [3.63, 3.8) is 0 Å². The molecule has 1 aliphatic heterocycles. The summed E-state index contributed by atoms with van der Waals surface area (Å²) in [6.07, 6.45) is 6.36. The van der Waals surface area contributed by atoms with E-state index < -0.39 is 0 Å². The van der Waals surface area contributed by atoms with Crippen LogP contribution in [0.5, 0.6) is 0 Å². The number of hydrogen-bond donors (Lipinski definition) is 1. The molecule has 1 saturated carbocycles. The van der Waals surface area contributed by atoms with Gasteiger partial charge in [0.2, 0.25) is 0 Å². The molecule has 2 bridgehead atoms. The van der Waals surface area contributed by atoms with Gasteiger partial charge in [0.15, 0.2) is 0 Å². The van der Waals surface area contributed by atoms with Crippen LogP contribution in [0, 0.1) is 23.7 Å². The number of fused-ring (bicyclic) bond motifs is 5. The van der Waals surface area contributed by atoms with Gasteiger partial charge in [-0.05, 0) is 43.2 Å². The maximum absolute atomic E-state index is 3.49. The third kappa shape index (κ3) is 0.485. The lowest BCUT2D eigenvalue weighted by molar-refractivity contribution is 0.395. The van der Waals surface area contributed by atoms with E-state index in [2.05, 4.69) is 17.5 Å². The summed E-state index contributed by atoms with van der Waals surface area (Å²) in [6.45, 7) is 2.58. The fourth-order valence-corrected chi connectivity index (χ4v) is 3.05. The van der Waals surface area contributed by atoms with E-state index in [1.165, 1.54) is 19.5 Å². The molecule has 3 rings (SSSR count). The molecule has 1 heterocycles. The van der Waals surface area contributed by atoms with Crippen LogP contribution in [-0.4, -0.2) is 13.1 Å². The van der Waals surface area contributed by atoms with Gasteiger partial charge in [0, 0.05) is 0 Å². The topological polar surface area (TPSA) is 12.0 Å². The average molecular weight is 135 g/mol. The predicted octanol–water partition coefficient (Wildman–Crippen LogP) is 1.03. The van der Waals surface area contributed by atoms with Crippen LogP contribution in [0.1, 0.15) is 6.42 Å². The molecule has 1 saturated heterocycles. The predicted molar refractivity (Wildman–Crippen MR) is 40.6 cm³/mol. The highest BCUT2D eigenvalue weighted by atomic mass is 14.9. The second kappa shape index (κ2) is 1.65. The Bertz CT molecular complexity index is 167. The van der Waals surface area contributed by atoms with Crippen molar-refractivity contribution in [3.05, 3.63) is 12.2 Å². The Morgan fingerprint density at radius 2 is 1.60 bits per heavy atom. The SMILES string of the molecule is C1=CC2CC1C1CNC[C@@H]21. The van der Waals surface area contributed by atoms with Crippen LogP contribution in [0.4, 0.5) is 0 Å². The third-order valence-corrected chi connectivity index (χ3v) is 3.56. The first-order valence-corrected chi connectivity index (χ1v) is 4.34. The second-order valence-electron chi connectivity index (χ2n) is 3.93. The van der Waals surface area contributed by atoms with E-state index in [4.69, 9.17) is 0 Å². The Hall–Kier alpha value is -0.300. The molecule has 54 valence electrons. The average Bonchev–Trinajstić information content (AvgIpc) is 2.60. The fraction of sp³-hybridized carbons (Fsp3) is 0.778. The fourth-order valence-electron chi connectivity index (χ4n) is 3.05. The minimum absolute atomic E-state index is 0.949. The smallest absolute Gasteiger partial charge is 0.00114 e. The van der Waals surface area contributed by atoms with Crippen molar-refractivity contribution in [3.8, 4) is 0 Å². The van der Waals surface area contributed by atoms with E-state index in [1.54, 1.807) is 0 Å². The normalized spacial score (nSPS) is 56.0. The minimum atomic E-state index is 0.949. The first-order valence-electron chi connectivity index (χ1n) is 4.34. The standard InChI is InChI=1S/C9H13N/c1-2-7-3-6(1)8-4-10-5-9(7)8/h1-2,6-10H,3-5H2/t6?,7?,8-,9?/m0/s1. The Balaban J connectivity index is 1.99. The molecule has 1 N–H and O–H groups in total. The summed E-state index contributed by atoms with van der Waals surface area (Å²) in [6, 6.07) is 0. The van der Waals surface area contributed by atoms with E-state index >= 15 is 0 Å². The van der Waals surface area contributed by atoms with Gasteiger partial charge in [-0.25, -0.2) is 0 Å². The van der Waals surface area contributed by atoms with Gasteiger partial charge >= 0.3 is 0 Å². The highest BCUT2D eigenvalue weighted by Crippen LogP contribution is 2.49. The zero-order valence-electron chi connectivity index (χ0n) is 6.09. The van der Waals surface area contributed by atoms with Crippen LogP contribution in [0.25, 0.3) is 0 Å². The van der Waals surface area contributed by atoms with Gasteiger partial charge in [-0.2, -0.15) is 0 Å². The highest BCUT2D eigenvalue weighted by Gasteiger charge is 2.46. The molecule has 10 heavy (non-hydrogen) atoms. The Kier molecular flexibility index (Phi) is 0.883. The molecule has 2 fully saturated rings.